The van der Waals surface area contributed by atoms with E-state index in [2.05, 4.69) is 5.32 Å². The summed E-state index contributed by atoms with van der Waals surface area (Å²) < 4.78 is 5.13. The average Bonchev–Trinajstić information content (AvgIpc) is 2.98. The van der Waals surface area contributed by atoms with Crippen molar-refractivity contribution in [2.75, 3.05) is 7.11 Å². The van der Waals surface area contributed by atoms with Crippen molar-refractivity contribution in [1.82, 2.24) is 5.32 Å². The maximum atomic E-state index is 11.6. The lowest BCUT2D eigenvalue weighted by Crippen LogP contribution is -2.34. The van der Waals surface area contributed by atoms with E-state index >= 15 is 0 Å². The third kappa shape index (κ3) is 4.46. The molecule has 0 radical (unpaired) electrons. The monoisotopic (exact) mass is 326 g/mol. The van der Waals surface area contributed by atoms with E-state index in [0.717, 1.165) is 16.9 Å². The van der Waals surface area contributed by atoms with Crippen molar-refractivity contribution in [3.05, 3.63) is 52.2 Å². The number of carbonyl (C=O) groups is 1. The molecule has 2 atom stereocenters. The Hall–Kier alpha value is -1.56. The van der Waals surface area contributed by atoms with Gasteiger partial charge < -0.3 is 10.5 Å². The molecule has 3 N–H and O–H groups in total. The fraction of sp³-hybridized carbons (Fsp3) is 0.267. The maximum Gasteiger partial charge on any atom is 0.239 e. The quantitative estimate of drug-likeness (QED) is 0.857. The molecule has 0 aliphatic rings. The van der Waals surface area contributed by atoms with Crippen LogP contribution in [0.2, 0.25) is 0 Å². The van der Waals surface area contributed by atoms with Gasteiger partial charge in [-0.05, 0) is 47.0 Å². The van der Waals surface area contributed by atoms with Gasteiger partial charge in [-0.25, -0.2) is 0 Å². The fourth-order valence-corrected chi connectivity index (χ4v) is 2.71. The molecular weight excluding hydrogens is 308 g/mol. The van der Waals surface area contributed by atoms with Crippen LogP contribution in [0.1, 0.15) is 30.1 Å². The Labute approximate surface area is 134 Å². The van der Waals surface area contributed by atoms with Gasteiger partial charge >= 0.3 is 0 Å². The number of carbonyl (C=O) groups excluding carboxylic acids is 1. The number of ether oxygens (including phenoxy) is 1. The van der Waals surface area contributed by atoms with Gasteiger partial charge in [0, 0.05) is 6.04 Å². The first-order valence-corrected chi connectivity index (χ1v) is 7.27. The summed E-state index contributed by atoms with van der Waals surface area (Å²) >= 11 is 1.55. The van der Waals surface area contributed by atoms with Crippen LogP contribution < -0.4 is 15.8 Å². The van der Waals surface area contributed by atoms with E-state index < -0.39 is 6.04 Å². The van der Waals surface area contributed by atoms with Crippen molar-refractivity contribution in [1.29, 1.82) is 0 Å². The summed E-state index contributed by atoms with van der Waals surface area (Å²) in [7, 11) is 1.64. The molecule has 1 aromatic heterocycles. The second kappa shape index (κ2) is 8.02. The Bertz CT molecular complexity index is 558. The molecule has 0 bridgehead atoms. The standard InChI is InChI=1S/C15H18N2O2S.ClH/c1-10(11-3-5-13(19-2)6-4-11)17-14(15(16)18)12-7-8-20-9-12;/h3-10,14,17H,1-2H3,(H2,16,18);1H/t10-,14?;/m0./s1. The number of nitrogens with one attached hydrogen (secondary N) is 1. The number of nitrogens with two attached hydrogens (primary N) is 1. The number of methoxy groups -OCH3 is 1. The molecule has 1 unspecified atom stereocenters. The van der Waals surface area contributed by atoms with Crippen molar-refractivity contribution < 1.29 is 9.53 Å². The largest absolute Gasteiger partial charge is 0.497 e. The lowest BCUT2D eigenvalue weighted by atomic mass is 10.0. The second-order valence-corrected chi connectivity index (χ2v) is 5.33. The van der Waals surface area contributed by atoms with Crippen LogP contribution in [-0.4, -0.2) is 13.0 Å². The van der Waals surface area contributed by atoms with Crippen LogP contribution in [0.15, 0.2) is 41.1 Å². The Balaban J connectivity index is 0.00000220. The molecule has 0 spiro atoms. The van der Waals surface area contributed by atoms with E-state index in [0.29, 0.717) is 0 Å². The molecule has 4 nitrogen and oxygen atoms in total. The van der Waals surface area contributed by atoms with Gasteiger partial charge in [0.15, 0.2) is 0 Å². The number of benzene rings is 1. The SMILES string of the molecule is COc1ccc([C@H](C)NC(C(N)=O)c2ccsc2)cc1.Cl. The van der Waals surface area contributed by atoms with E-state index in [1.54, 1.807) is 18.4 Å². The number of hydrogen-bond donors (Lipinski definition) is 2. The Morgan fingerprint density at radius 1 is 1.24 bits per heavy atom. The van der Waals surface area contributed by atoms with Gasteiger partial charge in [-0.2, -0.15) is 11.3 Å². The number of halogens is 1. The minimum absolute atomic E-state index is 0. The van der Waals surface area contributed by atoms with Crippen LogP contribution in [0.3, 0.4) is 0 Å². The van der Waals surface area contributed by atoms with Gasteiger partial charge in [0.2, 0.25) is 5.91 Å². The van der Waals surface area contributed by atoms with E-state index in [1.807, 2.05) is 48.0 Å². The van der Waals surface area contributed by atoms with Gasteiger partial charge in [-0.3, -0.25) is 10.1 Å². The third-order valence-electron chi connectivity index (χ3n) is 3.19. The summed E-state index contributed by atoms with van der Waals surface area (Å²) in [6.07, 6.45) is 0. The number of primary amides is 1. The first-order valence-electron chi connectivity index (χ1n) is 6.33. The molecular formula is C15H19ClN2O2S. The molecule has 0 aliphatic heterocycles. The van der Waals surface area contributed by atoms with Crippen LogP contribution in [0, 0.1) is 0 Å². The summed E-state index contributed by atoms with van der Waals surface area (Å²) in [5.74, 6) is 0.439. The van der Waals surface area contributed by atoms with Gasteiger partial charge in [0.05, 0.1) is 7.11 Å². The highest BCUT2D eigenvalue weighted by Gasteiger charge is 2.20. The third-order valence-corrected chi connectivity index (χ3v) is 3.89. The number of hydrogen-bond acceptors (Lipinski definition) is 4. The first kappa shape index (κ1) is 17.5. The second-order valence-electron chi connectivity index (χ2n) is 4.55. The van der Waals surface area contributed by atoms with Gasteiger partial charge in [-0.1, -0.05) is 12.1 Å². The van der Waals surface area contributed by atoms with Crippen molar-refractivity contribution >= 4 is 29.7 Å². The van der Waals surface area contributed by atoms with Crippen LogP contribution in [0.4, 0.5) is 0 Å². The summed E-state index contributed by atoms with van der Waals surface area (Å²) in [6.45, 7) is 2.00. The van der Waals surface area contributed by atoms with Crippen LogP contribution in [0.25, 0.3) is 0 Å². The first-order chi connectivity index (χ1) is 9.61. The van der Waals surface area contributed by atoms with E-state index in [9.17, 15) is 4.79 Å². The zero-order valence-electron chi connectivity index (χ0n) is 11.9. The molecule has 0 aliphatic carbocycles. The average molecular weight is 327 g/mol. The number of thiophene rings is 1. The molecule has 0 fully saturated rings. The van der Waals surface area contributed by atoms with Gasteiger partial charge in [0.25, 0.3) is 0 Å². The summed E-state index contributed by atoms with van der Waals surface area (Å²) in [5, 5.41) is 7.13. The molecule has 6 heteroatoms. The predicted octanol–water partition coefficient (Wildman–Crippen LogP) is 3.06. The summed E-state index contributed by atoms with van der Waals surface area (Å²) in [6, 6.07) is 9.20. The lowest BCUT2D eigenvalue weighted by molar-refractivity contribution is -0.120. The normalized spacial score (nSPS) is 13.0. The Kier molecular flexibility index (Phi) is 6.68. The summed E-state index contributed by atoms with van der Waals surface area (Å²) in [4.78, 5) is 11.6. The molecule has 114 valence electrons. The Morgan fingerprint density at radius 2 is 1.90 bits per heavy atom. The molecule has 0 saturated carbocycles. The highest BCUT2D eigenvalue weighted by molar-refractivity contribution is 7.08. The van der Waals surface area contributed by atoms with Crippen molar-refractivity contribution in [3.8, 4) is 5.75 Å². The molecule has 1 amide bonds. The number of rotatable bonds is 6. The van der Waals surface area contributed by atoms with E-state index in [4.69, 9.17) is 10.5 Å². The molecule has 2 rings (SSSR count). The highest BCUT2D eigenvalue weighted by atomic mass is 35.5. The van der Waals surface area contributed by atoms with Gasteiger partial charge in [0.1, 0.15) is 11.8 Å². The minimum Gasteiger partial charge on any atom is -0.497 e. The Morgan fingerprint density at radius 3 is 2.38 bits per heavy atom. The van der Waals surface area contributed by atoms with Crippen LogP contribution in [-0.2, 0) is 4.79 Å². The highest BCUT2D eigenvalue weighted by Crippen LogP contribution is 2.22. The molecule has 1 aromatic carbocycles. The van der Waals surface area contributed by atoms with Gasteiger partial charge in [-0.15, -0.1) is 12.4 Å². The van der Waals surface area contributed by atoms with Crippen molar-refractivity contribution in [2.24, 2.45) is 5.73 Å². The van der Waals surface area contributed by atoms with Crippen molar-refractivity contribution in [3.63, 3.8) is 0 Å². The molecule has 2 aromatic rings. The molecule has 0 saturated heterocycles. The topological polar surface area (TPSA) is 64.3 Å². The zero-order valence-corrected chi connectivity index (χ0v) is 13.5. The lowest BCUT2D eigenvalue weighted by Gasteiger charge is -2.21. The molecule has 1 heterocycles. The summed E-state index contributed by atoms with van der Waals surface area (Å²) in [5.41, 5.74) is 7.46. The fourth-order valence-electron chi connectivity index (χ4n) is 2.02. The predicted molar refractivity (Wildman–Crippen MR) is 88.0 cm³/mol. The minimum atomic E-state index is -0.474. The van der Waals surface area contributed by atoms with Crippen molar-refractivity contribution in [2.45, 2.75) is 19.0 Å². The van der Waals surface area contributed by atoms with E-state index in [1.165, 1.54) is 0 Å². The van der Waals surface area contributed by atoms with Crippen LogP contribution >= 0.6 is 23.7 Å². The zero-order chi connectivity index (χ0) is 14.5. The van der Waals surface area contributed by atoms with E-state index in [-0.39, 0.29) is 24.4 Å². The number of amides is 1. The smallest absolute Gasteiger partial charge is 0.239 e. The maximum absolute atomic E-state index is 11.6. The van der Waals surface area contributed by atoms with Crippen LogP contribution in [0.5, 0.6) is 5.75 Å². The molecule has 21 heavy (non-hydrogen) atoms.